The van der Waals surface area contributed by atoms with Gasteiger partial charge in [-0.15, -0.1) is 0 Å². The number of anilines is 1. The Hall–Kier alpha value is -1.03. The second-order valence-electron chi connectivity index (χ2n) is 3.69. The molecule has 0 saturated carbocycles. The molecule has 14 heavy (non-hydrogen) atoms. The van der Waals surface area contributed by atoms with Gasteiger partial charge in [-0.05, 0) is 23.6 Å². The second-order valence-corrected chi connectivity index (χ2v) is 5.83. The van der Waals surface area contributed by atoms with Crippen molar-refractivity contribution in [2.45, 2.75) is 12.2 Å². The summed E-state index contributed by atoms with van der Waals surface area (Å²) in [5.41, 5.74) is 3.19. The summed E-state index contributed by atoms with van der Waals surface area (Å²) < 4.78 is 22.4. The topological polar surface area (TPSA) is 46.2 Å². The molecule has 1 aliphatic rings. The van der Waals surface area contributed by atoms with Crippen LogP contribution in [0.3, 0.4) is 0 Å². The fourth-order valence-electron chi connectivity index (χ4n) is 1.84. The molecule has 76 valence electrons. The fourth-order valence-corrected chi connectivity index (χ4v) is 2.67. The van der Waals surface area contributed by atoms with Crippen molar-refractivity contribution in [2.75, 3.05) is 18.1 Å². The van der Waals surface area contributed by atoms with Crippen LogP contribution < -0.4 is 5.32 Å². The zero-order chi connectivity index (χ0) is 10.2. The Balaban J connectivity index is 2.40. The van der Waals surface area contributed by atoms with Crippen LogP contribution in [0.1, 0.15) is 11.1 Å². The predicted molar refractivity (Wildman–Crippen MR) is 57.2 cm³/mol. The number of sulfone groups is 1. The predicted octanol–water partition coefficient (Wildman–Crippen LogP) is 1.20. The van der Waals surface area contributed by atoms with E-state index in [9.17, 15) is 8.42 Å². The fraction of sp³-hybridized carbons (Fsp3) is 0.400. The van der Waals surface area contributed by atoms with Gasteiger partial charge in [0.2, 0.25) is 0 Å². The van der Waals surface area contributed by atoms with E-state index >= 15 is 0 Å². The minimum atomic E-state index is -2.93. The smallest absolute Gasteiger partial charge is 0.151 e. The lowest BCUT2D eigenvalue weighted by Gasteiger charge is -2.05. The van der Waals surface area contributed by atoms with E-state index in [-0.39, 0.29) is 5.75 Å². The minimum Gasteiger partial charge on any atom is -0.384 e. The van der Waals surface area contributed by atoms with Gasteiger partial charge < -0.3 is 5.32 Å². The highest BCUT2D eigenvalue weighted by molar-refractivity contribution is 7.89. The highest BCUT2D eigenvalue weighted by Gasteiger charge is 2.16. The molecule has 1 aromatic rings. The molecule has 0 fully saturated rings. The van der Waals surface area contributed by atoms with E-state index < -0.39 is 9.84 Å². The summed E-state index contributed by atoms with van der Waals surface area (Å²) in [7, 11) is -2.93. The first-order valence-electron chi connectivity index (χ1n) is 4.58. The molecule has 1 N–H and O–H groups in total. The molecule has 0 spiro atoms. The lowest BCUT2D eigenvalue weighted by atomic mass is 10.1. The normalized spacial score (nSPS) is 14.9. The van der Waals surface area contributed by atoms with Gasteiger partial charge in [-0.2, -0.15) is 0 Å². The number of benzene rings is 1. The summed E-state index contributed by atoms with van der Waals surface area (Å²) in [6.07, 6.45) is 2.20. The Morgan fingerprint density at radius 2 is 2.21 bits per heavy atom. The number of hydrogen-bond donors (Lipinski definition) is 1. The lowest BCUT2D eigenvalue weighted by molar-refractivity contribution is 0.601. The van der Waals surface area contributed by atoms with Crippen molar-refractivity contribution in [1.29, 1.82) is 0 Å². The molecule has 0 aromatic heterocycles. The molecule has 0 saturated heterocycles. The van der Waals surface area contributed by atoms with E-state index in [1.807, 2.05) is 18.2 Å². The van der Waals surface area contributed by atoms with Gasteiger partial charge in [0.05, 0.1) is 5.75 Å². The molecule has 3 nitrogen and oxygen atoms in total. The summed E-state index contributed by atoms with van der Waals surface area (Å²) >= 11 is 0. The van der Waals surface area contributed by atoms with E-state index in [0.29, 0.717) is 0 Å². The molecule has 0 amide bonds. The average molecular weight is 211 g/mol. The van der Waals surface area contributed by atoms with Crippen molar-refractivity contribution in [3.8, 4) is 0 Å². The van der Waals surface area contributed by atoms with Gasteiger partial charge in [-0.3, -0.25) is 0 Å². The zero-order valence-electron chi connectivity index (χ0n) is 8.08. The van der Waals surface area contributed by atoms with Gasteiger partial charge >= 0.3 is 0 Å². The summed E-state index contributed by atoms with van der Waals surface area (Å²) in [4.78, 5) is 0. The van der Waals surface area contributed by atoms with Crippen molar-refractivity contribution in [2.24, 2.45) is 0 Å². The lowest BCUT2D eigenvalue weighted by Crippen LogP contribution is -2.03. The molecule has 0 unspecified atom stereocenters. The number of nitrogens with one attached hydrogen (secondary N) is 1. The van der Waals surface area contributed by atoms with Crippen LogP contribution in [0.5, 0.6) is 0 Å². The van der Waals surface area contributed by atoms with Crippen LogP contribution in [0.25, 0.3) is 0 Å². The summed E-state index contributed by atoms with van der Waals surface area (Å²) in [6.45, 7) is 0.913. The number of hydrogen-bond acceptors (Lipinski definition) is 3. The van der Waals surface area contributed by atoms with Gasteiger partial charge in [-0.25, -0.2) is 8.42 Å². The first kappa shape index (κ1) is 9.52. The molecule has 0 radical (unpaired) electrons. The standard InChI is InChI=1S/C10H13NO2S/c1-14(12,13)7-8-3-2-4-10-9(8)5-6-11-10/h2-4,11H,5-7H2,1H3. The molecular weight excluding hydrogens is 198 g/mol. The van der Waals surface area contributed by atoms with E-state index in [4.69, 9.17) is 0 Å². The average Bonchev–Trinajstić information content (AvgIpc) is 2.49. The van der Waals surface area contributed by atoms with E-state index in [0.717, 1.165) is 29.8 Å². The largest absolute Gasteiger partial charge is 0.384 e. The van der Waals surface area contributed by atoms with E-state index in [2.05, 4.69) is 5.32 Å². The van der Waals surface area contributed by atoms with E-state index in [1.54, 1.807) is 0 Å². The highest BCUT2D eigenvalue weighted by atomic mass is 32.2. The second kappa shape index (κ2) is 3.28. The van der Waals surface area contributed by atoms with Gasteiger partial charge in [-0.1, -0.05) is 12.1 Å². The van der Waals surface area contributed by atoms with Crippen molar-refractivity contribution in [3.63, 3.8) is 0 Å². The van der Waals surface area contributed by atoms with Crippen molar-refractivity contribution in [3.05, 3.63) is 29.3 Å². The quantitative estimate of drug-likeness (QED) is 0.799. The third kappa shape index (κ3) is 1.90. The maximum atomic E-state index is 11.2. The molecule has 1 heterocycles. The monoisotopic (exact) mass is 211 g/mol. The van der Waals surface area contributed by atoms with Crippen LogP contribution in [0, 0.1) is 0 Å². The Morgan fingerprint density at radius 1 is 1.43 bits per heavy atom. The first-order valence-corrected chi connectivity index (χ1v) is 6.65. The van der Waals surface area contributed by atoms with Gasteiger partial charge in [0.15, 0.2) is 9.84 Å². The van der Waals surface area contributed by atoms with Crippen molar-refractivity contribution < 1.29 is 8.42 Å². The number of fused-ring (bicyclic) bond motifs is 1. The summed E-state index contributed by atoms with van der Waals surface area (Å²) in [5.74, 6) is 0.151. The van der Waals surface area contributed by atoms with Gasteiger partial charge in [0, 0.05) is 18.5 Å². The molecule has 0 aliphatic carbocycles. The van der Waals surface area contributed by atoms with Crippen LogP contribution in [0.15, 0.2) is 18.2 Å². The molecule has 4 heteroatoms. The summed E-state index contributed by atoms with van der Waals surface area (Å²) in [6, 6.07) is 5.79. The Morgan fingerprint density at radius 3 is 2.93 bits per heavy atom. The van der Waals surface area contributed by atoms with Gasteiger partial charge in [0.25, 0.3) is 0 Å². The Labute approximate surface area is 84.1 Å². The Bertz CT molecular complexity index is 451. The van der Waals surface area contributed by atoms with Crippen molar-refractivity contribution in [1.82, 2.24) is 0 Å². The minimum absolute atomic E-state index is 0.151. The summed E-state index contributed by atoms with van der Waals surface area (Å²) in [5, 5.41) is 3.23. The first-order chi connectivity index (χ1) is 6.56. The van der Waals surface area contributed by atoms with Crippen LogP contribution in [-0.2, 0) is 22.0 Å². The third-order valence-corrected chi connectivity index (χ3v) is 3.22. The maximum absolute atomic E-state index is 11.2. The molecular formula is C10H13NO2S. The van der Waals surface area contributed by atoms with Crippen LogP contribution in [0.4, 0.5) is 5.69 Å². The molecule has 1 aromatic carbocycles. The SMILES string of the molecule is CS(=O)(=O)Cc1cccc2c1CCN2. The maximum Gasteiger partial charge on any atom is 0.151 e. The van der Waals surface area contributed by atoms with E-state index in [1.165, 1.54) is 6.26 Å². The van der Waals surface area contributed by atoms with Crippen LogP contribution >= 0.6 is 0 Å². The van der Waals surface area contributed by atoms with Crippen molar-refractivity contribution >= 4 is 15.5 Å². The highest BCUT2D eigenvalue weighted by Crippen LogP contribution is 2.26. The van der Waals surface area contributed by atoms with Gasteiger partial charge in [0.1, 0.15) is 0 Å². The molecule has 1 aliphatic heterocycles. The van der Waals surface area contributed by atoms with Crippen LogP contribution in [0.2, 0.25) is 0 Å². The zero-order valence-corrected chi connectivity index (χ0v) is 8.89. The molecule has 2 rings (SSSR count). The number of rotatable bonds is 2. The Kier molecular flexibility index (Phi) is 2.23. The van der Waals surface area contributed by atoms with Crippen LogP contribution in [-0.4, -0.2) is 21.2 Å². The molecule has 0 atom stereocenters. The molecule has 0 bridgehead atoms. The third-order valence-electron chi connectivity index (χ3n) is 2.38.